The summed E-state index contributed by atoms with van der Waals surface area (Å²) in [5.41, 5.74) is 0.800. The second-order valence-corrected chi connectivity index (χ2v) is 5.82. The van der Waals surface area contributed by atoms with Crippen molar-refractivity contribution in [3.05, 3.63) is 28.0 Å². The average Bonchev–Trinajstić information content (AvgIpc) is 2.68. The fraction of sp³-hybridized carbons (Fsp3) is 0.500. The lowest BCUT2D eigenvalue weighted by atomic mass is 9.87. The molecule has 3 rings (SSSR count). The number of rotatable bonds is 1. The van der Waals surface area contributed by atoms with Gasteiger partial charge in [0.25, 0.3) is 0 Å². The third kappa shape index (κ3) is 2.04. The number of aliphatic hydroxyl groups is 1. The molecular weight excluding hydrogens is 318 g/mol. The van der Waals surface area contributed by atoms with Gasteiger partial charge < -0.3 is 5.11 Å². The molecule has 0 aliphatic heterocycles. The average molecular weight is 331 g/mol. The summed E-state index contributed by atoms with van der Waals surface area (Å²) >= 11 is 9.52. The van der Waals surface area contributed by atoms with Gasteiger partial charge in [-0.1, -0.05) is 18.0 Å². The molecule has 2 heterocycles. The minimum Gasteiger partial charge on any atom is -0.393 e. The Labute approximate surface area is 118 Å². The molecule has 18 heavy (non-hydrogen) atoms. The molecule has 1 fully saturated rings. The van der Waals surface area contributed by atoms with Crippen LogP contribution in [0.15, 0.2) is 17.0 Å². The van der Waals surface area contributed by atoms with E-state index in [1.54, 1.807) is 6.20 Å². The molecular formula is C12H13BrClN3O. The van der Waals surface area contributed by atoms with E-state index in [-0.39, 0.29) is 12.0 Å². The molecule has 0 aromatic carbocycles. The zero-order valence-electron chi connectivity index (χ0n) is 9.68. The van der Waals surface area contributed by atoms with Crippen LogP contribution in [-0.4, -0.2) is 25.6 Å². The molecule has 0 radical (unpaired) electrons. The smallest absolute Gasteiger partial charge is 0.155 e. The van der Waals surface area contributed by atoms with Crippen LogP contribution in [-0.2, 0) is 0 Å². The molecule has 0 amide bonds. The Hall–Kier alpha value is -0.650. The van der Waals surface area contributed by atoms with Crippen LogP contribution in [0.1, 0.15) is 37.4 Å². The Morgan fingerprint density at radius 2 is 2.28 bits per heavy atom. The van der Waals surface area contributed by atoms with Crippen molar-refractivity contribution in [2.45, 2.75) is 37.7 Å². The van der Waals surface area contributed by atoms with Crippen LogP contribution in [0.2, 0.25) is 5.15 Å². The summed E-state index contributed by atoms with van der Waals surface area (Å²) in [6.07, 6.45) is 7.09. The maximum atomic E-state index is 9.79. The van der Waals surface area contributed by atoms with Gasteiger partial charge in [-0.2, -0.15) is 0 Å². The number of halogens is 2. The molecule has 0 saturated heterocycles. The molecule has 6 heteroatoms. The maximum Gasteiger partial charge on any atom is 0.155 e. The lowest BCUT2D eigenvalue weighted by Gasteiger charge is -2.24. The normalized spacial score (nSPS) is 24.6. The second-order valence-electron chi connectivity index (χ2n) is 4.71. The highest BCUT2D eigenvalue weighted by Crippen LogP contribution is 2.35. The summed E-state index contributed by atoms with van der Waals surface area (Å²) in [4.78, 5) is 8.62. The summed E-state index contributed by atoms with van der Waals surface area (Å²) < 4.78 is 2.69. The first-order valence-corrected chi connectivity index (χ1v) is 7.20. The largest absolute Gasteiger partial charge is 0.393 e. The molecule has 2 unspecified atom stereocenters. The van der Waals surface area contributed by atoms with E-state index < -0.39 is 0 Å². The Morgan fingerprint density at radius 3 is 3.06 bits per heavy atom. The first-order valence-electron chi connectivity index (χ1n) is 6.03. The molecule has 2 aromatic rings. The monoisotopic (exact) mass is 329 g/mol. The van der Waals surface area contributed by atoms with Gasteiger partial charge >= 0.3 is 0 Å². The number of hydrogen-bond acceptors (Lipinski definition) is 3. The van der Waals surface area contributed by atoms with Crippen LogP contribution in [0.25, 0.3) is 5.52 Å². The lowest BCUT2D eigenvalue weighted by molar-refractivity contribution is 0.117. The lowest BCUT2D eigenvalue weighted by Crippen LogP contribution is -2.19. The molecule has 1 N–H and O–H groups in total. The molecule has 4 nitrogen and oxygen atoms in total. The van der Waals surface area contributed by atoms with Crippen molar-refractivity contribution in [1.29, 1.82) is 0 Å². The van der Waals surface area contributed by atoms with E-state index in [9.17, 15) is 5.11 Å². The molecule has 1 saturated carbocycles. The van der Waals surface area contributed by atoms with Crippen LogP contribution in [0, 0.1) is 0 Å². The van der Waals surface area contributed by atoms with Gasteiger partial charge in [0, 0.05) is 18.3 Å². The predicted molar refractivity (Wildman–Crippen MR) is 72.9 cm³/mol. The van der Waals surface area contributed by atoms with Gasteiger partial charge in [0.15, 0.2) is 5.15 Å². The fourth-order valence-electron chi connectivity index (χ4n) is 2.67. The minimum atomic E-state index is -0.216. The number of imidazole rings is 1. The van der Waals surface area contributed by atoms with Crippen molar-refractivity contribution in [2.24, 2.45) is 0 Å². The first kappa shape index (κ1) is 12.4. The van der Waals surface area contributed by atoms with E-state index in [1.165, 1.54) is 0 Å². The minimum absolute atomic E-state index is 0.216. The molecule has 2 aromatic heterocycles. The van der Waals surface area contributed by atoms with E-state index in [0.717, 1.165) is 41.6 Å². The third-order valence-electron chi connectivity index (χ3n) is 3.51. The van der Waals surface area contributed by atoms with E-state index in [4.69, 9.17) is 11.6 Å². The number of hydrogen-bond donors (Lipinski definition) is 1. The van der Waals surface area contributed by atoms with Crippen molar-refractivity contribution in [1.82, 2.24) is 14.4 Å². The van der Waals surface area contributed by atoms with Gasteiger partial charge in [-0.3, -0.25) is 4.40 Å². The van der Waals surface area contributed by atoms with Crippen molar-refractivity contribution < 1.29 is 5.11 Å². The van der Waals surface area contributed by atoms with Crippen LogP contribution in [0.4, 0.5) is 0 Å². The molecule has 2 atom stereocenters. The highest BCUT2D eigenvalue weighted by molar-refractivity contribution is 9.10. The van der Waals surface area contributed by atoms with Gasteiger partial charge in [-0.15, -0.1) is 0 Å². The van der Waals surface area contributed by atoms with Crippen LogP contribution < -0.4 is 0 Å². The summed E-state index contributed by atoms with van der Waals surface area (Å²) in [6.45, 7) is 0. The Balaban J connectivity index is 2.09. The summed E-state index contributed by atoms with van der Waals surface area (Å²) in [5.74, 6) is 1.24. The maximum absolute atomic E-state index is 9.79. The topological polar surface area (TPSA) is 50.4 Å². The van der Waals surface area contributed by atoms with Crippen LogP contribution in [0.3, 0.4) is 0 Å². The standard InChI is InChI=1S/C12H13BrClN3O/c13-10-9-11(14)15-4-5-17(9)12(16-10)7-2-1-3-8(18)6-7/h4-5,7-8,18H,1-3,6H2. The Kier molecular flexibility index (Phi) is 3.30. The number of fused-ring (bicyclic) bond motifs is 1. The van der Waals surface area contributed by atoms with Crippen molar-refractivity contribution in [3.63, 3.8) is 0 Å². The van der Waals surface area contributed by atoms with Crippen molar-refractivity contribution in [3.8, 4) is 0 Å². The van der Waals surface area contributed by atoms with Crippen molar-refractivity contribution in [2.75, 3.05) is 0 Å². The second kappa shape index (κ2) is 4.79. The van der Waals surface area contributed by atoms with Gasteiger partial charge in [-0.05, 0) is 35.2 Å². The quantitative estimate of drug-likeness (QED) is 0.874. The highest BCUT2D eigenvalue weighted by atomic mass is 79.9. The Morgan fingerprint density at radius 1 is 1.44 bits per heavy atom. The number of aromatic nitrogens is 3. The van der Waals surface area contributed by atoms with Gasteiger partial charge in [-0.25, -0.2) is 9.97 Å². The van der Waals surface area contributed by atoms with Crippen LogP contribution in [0.5, 0.6) is 0 Å². The van der Waals surface area contributed by atoms with Gasteiger partial charge in [0.2, 0.25) is 0 Å². The Bertz CT molecular complexity index is 586. The zero-order valence-corrected chi connectivity index (χ0v) is 12.0. The van der Waals surface area contributed by atoms with E-state index >= 15 is 0 Å². The first-order chi connectivity index (χ1) is 8.66. The predicted octanol–water partition coefficient (Wildman–Crippen LogP) is 3.16. The third-order valence-corrected chi connectivity index (χ3v) is 4.34. The fourth-order valence-corrected chi connectivity index (χ4v) is 3.58. The van der Waals surface area contributed by atoms with Crippen LogP contribution >= 0.6 is 27.5 Å². The summed E-state index contributed by atoms with van der Waals surface area (Å²) in [6, 6.07) is 0. The van der Waals surface area contributed by atoms with E-state index in [1.807, 2.05) is 10.6 Å². The molecule has 0 bridgehead atoms. The van der Waals surface area contributed by atoms with Gasteiger partial charge in [0.1, 0.15) is 15.9 Å². The number of aliphatic hydroxyl groups excluding tert-OH is 1. The van der Waals surface area contributed by atoms with Gasteiger partial charge in [0.05, 0.1) is 6.10 Å². The SMILES string of the molecule is OC1CCCC(c2nc(Br)c3c(Cl)nccn23)C1. The molecule has 0 spiro atoms. The number of nitrogens with zero attached hydrogens (tertiary/aromatic N) is 3. The van der Waals surface area contributed by atoms with E-state index in [0.29, 0.717) is 5.15 Å². The van der Waals surface area contributed by atoms with E-state index in [2.05, 4.69) is 25.9 Å². The summed E-state index contributed by atoms with van der Waals surface area (Å²) in [5, 5.41) is 10.2. The van der Waals surface area contributed by atoms with Crippen molar-refractivity contribution >= 4 is 33.0 Å². The highest BCUT2D eigenvalue weighted by Gasteiger charge is 2.26. The zero-order chi connectivity index (χ0) is 12.7. The summed E-state index contributed by atoms with van der Waals surface area (Å²) in [7, 11) is 0. The molecule has 1 aliphatic rings. The molecule has 96 valence electrons. The molecule has 1 aliphatic carbocycles.